The van der Waals surface area contributed by atoms with Crippen LogP contribution in [-0.2, 0) is 20.1 Å². The minimum atomic E-state index is 0. The molecule has 45 heavy (non-hydrogen) atoms. The number of hydrogen-bond donors (Lipinski definition) is 0. The number of pyridine rings is 1. The second-order valence-electron chi connectivity index (χ2n) is 12.3. The maximum atomic E-state index is 5.16. The van der Waals surface area contributed by atoms with Gasteiger partial charge in [-0.25, -0.2) is 0 Å². The summed E-state index contributed by atoms with van der Waals surface area (Å²) in [7, 11) is 0. The number of aryl methyl sites for hydroxylation is 4. The molecule has 1 heterocycles. The summed E-state index contributed by atoms with van der Waals surface area (Å²) in [4.78, 5) is 5.16. The van der Waals surface area contributed by atoms with E-state index in [2.05, 4.69) is 149 Å². The molecule has 0 bridgehead atoms. The standard InChI is InChI=1S/C43H32N.Ir/c1-26-15-27(2)18-32(17-26)35-22-34(23-36(24-35)33-19-28(3)16-29(4)20-33)30-9-7-10-31(21-30)42-25-40-38-12-6-5-11-37(38)39-13-8-14-41(44-42)43(39)40;/h5-9,11-25H,1-4H3;/q-1;. The van der Waals surface area contributed by atoms with Gasteiger partial charge < -0.3 is 0 Å². The van der Waals surface area contributed by atoms with Crippen molar-refractivity contribution < 1.29 is 20.1 Å². The van der Waals surface area contributed by atoms with Crippen molar-refractivity contribution in [1.82, 2.24) is 4.98 Å². The Morgan fingerprint density at radius 1 is 0.444 bits per heavy atom. The van der Waals surface area contributed by atoms with Crippen LogP contribution in [0.15, 0.2) is 121 Å². The summed E-state index contributed by atoms with van der Waals surface area (Å²) < 4.78 is 0. The van der Waals surface area contributed by atoms with Crippen LogP contribution in [0.2, 0.25) is 0 Å². The van der Waals surface area contributed by atoms with Crippen molar-refractivity contribution in [1.29, 1.82) is 0 Å². The largest absolute Gasteiger partial charge is 0.296 e. The van der Waals surface area contributed by atoms with Gasteiger partial charge in [0.05, 0.1) is 5.52 Å². The number of nitrogens with zero attached hydrogens (tertiary/aromatic N) is 1. The van der Waals surface area contributed by atoms with E-state index in [1.165, 1.54) is 77.7 Å². The number of hydrogen-bond acceptors (Lipinski definition) is 1. The summed E-state index contributed by atoms with van der Waals surface area (Å²) in [6, 6.07) is 48.0. The smallest absolute Gasteiger partial charge is 0.0607 e. The van der Waals surface area contributed by atoms with Crippen molar-refractivity contribution >= 4 is 10.9 Å². The summed E-state index contributed by atoms with van der Waals surface area (Å²) in [5, 5.41) is 1.24. The minimum Gasteiger partial charge on any atom is -0.296 e. The Balaban J connectivity index is 0.00000325. The van der Waals surface area contributed by atoms with Gasteiger partial charge in [-0.1, -0.05) is 101 Å². The molecule has 1 radical (unpaired) electrons. The first-order chi connectivity index (χ1) is 21.4. The quantitative estimate of drug-likeness (QED) is 0.163. The average molecular weight is 755 g/mol. The summed E-state index contributed by atoms with van der Waals surface area (Å²) >= 11 is 0. The van der Waals surface area contributed by atoms with E-state index >= 15 is 0 Å². The Morgan fingerprint density at radius 2 is 0.956 bits per heavy atom. The first-order valence-electron chi connectivity index (χ1n) is 15.3. The van der Waals surface area contributed by atoms with E-state index in [4.69, 9.17) is 4.98 Å². The molecule has 7 aromatic rings. The Bertz CT molecular complexity index is 2170. The van der Waals surface area contributed by atoms with Crippen LogP contribution in [0, 0.1) is 33.8 Å². The molecular formula is C43H32IrN-. The third-order valence-electron chi connectivity index (χ3n) is 8.80. The second-order valence-corrected chi connectivity index (χ2v) is 12.3. The van der Waals surface area contributed by atoms with Gasteiger partial charge in [0.15, 0.2) is 0 Å². The predicted molar refractivity (Wildman–Crippen MR) is 186 cm³/mol. The molecule has 6 aromatic carbocycles. The fraction of sp³-hybridized carbons (Fsp3) is 0.0930. The maximum absolute atomic E-state index is 5.16. The van der Waals surface area contributed by atoms with Crippen molar-refractivity contribution in [2.75, 3.05) is 0 Å². The topological polar surface area (TPSA) is 12.9 Å². The Morgan fingerprint density at radius 3 is 1.56 bits per heavy atom. The minimum absolute atomic E-state index is 0. The SMILES string of the molecule is Cc1cc(C)cc(-c2cc(-c3cc[c-]c(-c4cc5c6c(cccc6n4)-c4ccccc4-5)c3)cc(-c3cc(C)cc(C)c3)c2)c1.[Ir]. The van der Waals surface area contributed by atoms with Crippen molar-refractivity contribution in [3.05, 3.63) is 150 Å². The van der Waals surface area contributed by atoms with Gasteiger partial charge in [-0.3, -0.25) is 4.98 Å². The number of benzene rings is 6. The fourth-order valence-electron chi connectivity index (χ4n) is 7.02. The molecule has 0 saturated heterocycles. The van der Waals surface area contributed by atoms with Crippen LogP contribution in [0.5, 0.6) is 0 Å². The average Bonchev–Trinajstić information content (AvgIpc) is 3.35. The molecule has 2 heteroatoms. The summed E-state index contributed by atoms with van der Waals surface area (Å²) in [5.41, 5.74) is 20.4. The molecule has 0 saturated carbocycles. The molecule has 0 aliphatic heterocycles. The first-order valence-corrected chi connectivity index (χ1v) is 15.3. The summed E-state index contributed by atoms with van der Waals surface area (Å²) in [5.74, 6) is 0. The first kappa shape index (κ1) is 29.1. The van der Waals surface area contributed by atoms with Crippen LogP contribution in [0.1, 0.15) is 22.3 Å². The van der Waals surface area contributed by atoms with Crippen molar-refractivity contribution in [3.63, 3.8) is 0 Å². The van der Waals surface area contributed by atoms with Gasteiger partial charge in [-0.15, -0.1) is 35.4 Å². The molecule has 0 spiro atoms. The van der Waals surface area contributed by atoms with E-state index in [-0.39, 0.29) is 20.1 Å². The van der Waals surface area contributed by atoms with Gasteiger partial charge in [0, 0.05) is 25.5 Å². The van der Waals surface area contributed by atoms with Crippen LogP contribution in [0.25, 0.3) is 77.8 Å². The fourth-order valence-corrected chi connectivity index (χ4v) is 7.02. The molecule has 1 aliphatic rings. The molecule has 0 fully saturated rings. The van der Waals surface area contributed by atoms with Crippen LogP contribution >= 0.6 is 0 Å². The van der Waals surface area contributed by atoms with Gasteiger partial charge in [0.1, 0.15) is 0 Å². The molecule has 1 aromatic heterocycles. The van der Waals surface area contributed by atoms with E-state index in [1.807, 2.05) is 6.07 Å². The summed E-state index contributed by atoms with van der Waals surface area (Å²) in [6.07, 6.45) is 0. The number of aromatic nitrogens is 1. The monoisotopic (exact) mass is 755 g/mol. The molecule has 219 valence electrons. The Labute approximate surface area is 279 Å². The van der Waals surface area contributed by atoms with E-state index < -0.39 is 0 Å². The Kier molecular flexibility index (Phi) is 7.36. The molecule has 8 rings (SSSR count). The van der Waals surface area contributed by atoms with Gasteiger partial charge in [-0.05, 0) is 108 Å². The van der Waals surface area contributed by atoms with Crippen molar-refractivity contribution in [2.45, 2.75) is 27.7 Å². The van der Waals surface area contributed by atoms with Crippen molar-refractivity contribution in [2.24, 2.45) is 0 Å². The van der Waals surface area contributed by atoms with Crippen LogP contribution < -0.4 is 0 Å². The van der Waals surface area contributed by atoms with E-state index in [1.54, 1.807) is 0 Å². The molecule has 1 nitrogen and oxygen atoms in total. The number of fused-ring (bicyclic) bond motifs is 3. The molecule has 0 atom stereocenters. The van der Waals surface area contributed by atoms with Gasteiger partial charge >= 0.3 is 0 Å². The van der Waals surface area contributed by atoms with Crippen LogP contribution in [0.4, 0.5) is 0 Å². The number of rotatable bonds is 4. The molecule has 0 unspecified atom stereocenters. The zero-order chi connectivity index (χ0) is 29.9. The van der Waals surface area contributed by atoms with E-state index in [0.29, 0.717) is 0 Å². The third-order valence-corrected chi connectivity index (χ3v) is 8.80. The molecule has 0 N–H and O–H groups in total. The zero-order valence-electron chi connectivity index (χ0n) is 25.8. The third kappa shape index (κ3) is 5.25. The van der Waals surface area contributed by atoms with Gasteiger partial charge in [-0.2, -0.15) is 0 Å². The molecular weight excluding hydrogens is 723 g/mol. The maximum Gasteiger partial charge on any atom is 0.0607 e. The Hall–Kier alpha value is -4.62. The van der Waals surface area contributed by atoms with Gasteiger partial charge in [0.2, 0.25) is 0 Å². The molecule has 1 aliphatic carbocycles. The van der Waals surface area contributed by atoms with E-state index in [0.717, 1.165) is 22.3 Å². The predicted octanol–water partition coefficient (Wildman–Crippen LogP) is 11.6. The van der Waals surface area contributed by atoms with Crippen LogP contribution in [0.3, 0.4) is 0 Å². The molecule has 0 amide bonds. The zero-order valence-corrected chi connectivity index (χ0v) is 28.2. The second kappa shape index (κ2) is 11.4. The van der Waals surface area contributed by atoms with Crippen molar-refractivity contribution in [3.8, 4) is 66.9 Å². The summed E-state index contributed by atoms with van der Waals surface area (Å²) in [6.45, 7) is 8.70. The normalized spacial score (nSPS) is 11.4. The van der Waals surface area contributed by atoms with Crippen LogP contribution in [-0.4, -0.2) is 4.98 Å². The van der Waals surface area contributed by atoms with E-state index in [9.17, 15) is 0 Å². The van der Waals surface area contributed by atoms with Gasteiger partial charge in [0.25, 0.3) is 0 Å².